The third-order valence-electron chi connectivity index (χ3n) is 4.45. The fraction of sp³-hybridized carbons (Fsp3) is 0.174. The molecule has 0 aromatic heterocycles. The molecule has 0 saturated heterocycles. The van der Waals surface area contributed by atoms with Crippen LogP contribution in [0.3, 0.4) is 0 Å². The minimum atomic E-state index is -0.899. The van der Waals surface area contributed by atoms with Crippen molar-refractivity contribution < 1.29 is 19.0 Å². The first-order valence-electron chi connectivity index (χ1n) is 9.00. The van der Waals surface area contributed by atoms with Crippen molar-refractivity contribution in [2.24, 2.45) is 5.73 Å². The van der Waals surface area contributed by atoms with Crippen LogP contribution in [0.5, 0.6) is 5.75 Å². The monoisotopic (exact) mass is 379 g/mol. The number of nitrogens with two attached hydrogens (primary N) is 1. The van der Waals surface area contributed by atoms with E-state index in [0.717, 1.165) is 22.3 Å². The van der Waals surface area contributed by atoms with E-state index in [4.69, 9.17) is 15.6 Å². The van der Waals surface area contributed by atoms with Gasteiger partial charge in [0.25, 0.3) is 0 Å². The van der Waals surface area contributed by atoms with Crippen LogP contribution >= 0.6 is 0 Å². The number of hydrogen-bond acceptors (Lipinski definition) is 3. The third kappa shape index (κ3) is 4.96. The largest absolute Gasteiger partial charge is 0.489 e. The first kappa shape index (κ1) is 19.6. The molecule has 28 heavy (non-hydrogen) atoms. The van der Waals surface area contributed by atoms with Gasteiger partial charge in [-0.2, -0.15) is 0 Å². The number of ether oxygens (including phenoxy) is 1. The zero-order valence-electron chi connectivity index (χ0n) is 15.3. The van der Waals surface area contributed by atoms with Crippen molar-refractivity contribution in [3.8, 4) is 16.9 Å². The highest BCUT2D eigenvalue weighted by molar-refractivity contribution is 5.71. The SMILES string of the molecule is N[C@H](CF)c1cccc(-c2cccc(COc3ccccc3CC(=O)O)c2)c1. The standard InChI is InChI=1S/C23H22FNO3/c24-14-21(25)19-9-4-8-18(12-19)17-7-3-5-16(11-17)15-28-22-10-2-1-6-20(22)13-23(26)27/h1-12,21H,13-15,25H2,(H,26,27)/t21-/m1/s1. The molecule has 3 aromatic rings. The second kappa shape index (κ2) is 9.15. The molecule has 3 aromatic carbocycles. The van der Waals surface area contributed by atoms with E-state index in [9.17, 15) is 9.18 Å². The van der Waals surface area contributed by atoms with Crippen LogP contribution in [0.15, 0.2) is 72.8 Å². The Balaban J connectivity index is 1.77. The van der Waals surface area contributed by atoms with E-state index in [0.29, 0.717) is 17.9 Å². The van der Waals surface area contributed by atoms with Crippen LogP contribution in [0.1, 0.15) is 22.7 Å². The maximum atomic E-state index is 12.9. The predicted molar refractivity (Wildman–Crippen MR) is 107 cm³/mol. The number of carboxylic acids is 1. The molecule has 0 saturated carbocycles. The summed E-state index contributed by atoms with van der Waals surface area (Å²) in [7, 11) is 0. The Labute approximate surface area is 163 Å². The number of benzene rings is 3. The molecule has 0 unspecified atom stereocenters. The lowest BCUT2D eigenvalue weighted by Gasteiger charge is -2.12. The van der Waals surface area contributed by atoms with Gasteiger partial charge in [0.2, 0.25) is 0 Å². The average Bonchev–Trinajstić information content (AvgIpc) is 2.72. The molecule has 4 nitrogen and oxygen atoms in total. The zero-order chi connectivity index (χ0) is 19.9. The number of carbonyl (C=O) groups is 1. The van der Waals surface area contributed by atoms with E-state index in [2.05, 4.69) is 0 Å². The Morgan fingerprint density at radius 2 is 1.71 bits per heavy atom. The summed E-state index contributed by atoms with van der Waals surface area (Å²) in [4.78, 5) is 11.0. The highest BCUT2D eigenvalue weighted by Gasteiger charge is 2.09. The summed E-state index contributed by atoms with van der Waals surface area (Å²) in [6, 6.07) is 21.9. The number of halogens is 1. The summed E-state index contributed by atoms with van der Waals surface area (Å²) >= 11 is 0. The first-order chi connectivity index (χ1) is 13.6. The van der Waals surface area contributed by atoms with Crippen molar-refractivity contribution >= 4 is 5.97 Å². The van der Waals surface area contributed by atoms with Crippen LogP contribution in [0, 0.1) is 0 Å². The van der Waals surface area contributed by atoms with Crippen LogP contribution < -0.4 is 10.5 Å². The smallest absolute Gasteiger partial charge is 0.307 e. The number of rotatable bonds is 8. The summed E-state index contributed by atoms with van der Waals surface area (Å²) in [5.41, 5.74) is 10.1. The molecule has 0 aliphatic rings. The lowest BCUT2D eigenvalue weighted by Crippen LogP contribution is -2.11. The van der Waals surface area contributed by atoms with E-state index in [1.54, 1.807) is 18.2 Å². The van der Waals surface area contributed by atoms with Gasteiger partial charge in [-0.3, -0.25) is 4.79 Å². The molecule has 3 rings (SSSR count). The first-order valence-corrected chi connectivity index (χ1v) is 9.00. The van der Waals surface area contributed by atoms with E-state index in [-0.39, 0.29) is 6.42 Å². The molecule has 0 aliphatic heterocycles. The molecule has 0 radical (unpaired) electrons. The van der Waals surface area contributed by atoms with Crippen molar-refractivity contribution in [2.45, 2.75) is 19.1 Å². The predicted octanol–water partition coefficient (Wildman–Crippen LogP) is 4.53. The van der Waals surface area contributed by atoms with Crippen LogP contribution in [-0.4, -0.2) is 17.8 Å². The molecule has 144 valence electrons. The molecular weight excluding hydrogens is 357 g/mol. The topological polar surface area (TPSA) is 72.5 Å². The summed E-state index contributed by atoms with van der Waals surface area (Å²) in [6.07, 6.45) is -0.0855. The van der Waals surface area contributed by atoms with Gasteiger partial charge < -0.3 is 15.6 Å². The fourth-order valence-electron chi connectivity index (χ4n) is 2.99. The lowest BCUT2D eigenvalue weighted by atomic mass is 9.99. The number of para-hydroxylation sites is 1. The van der Waals surface area contributed by atoms with Crippen LogP contribution in [0.2, 0.25) is 0 Å². The van der Waals surface area contributed by atoms with Crippen LogP contribution in [-0.2, 0) is 17.8 Å². The minimum Gasteiger partial charge on any atom is -0.489 e. The fourth-order valence-corrected chi connectivity index (χ4v) is 2.99. The Morgan fingerprint density at radius 3 is 2.46 bits per heavy atom. The molecule has 1 atom stereocenters. The van der Waals surface area contributed by atoms with E-state index in [1.165, 1.54) is 0 Å². The van der Waals surface area contributed by atoms with Gasteiger partial charge in [0.15, 0.2) is 0 Å². The maximum Gasteiger partial charge on any atom is 0.307 e. The number of hydrogen-bond donors (Lipinski definition) is 2. The second-order valence-corrected chi connectivity index (χ2v) is 6.55. The zero-order valence-corrected chi connectivity index (χ0v) is 15.3. The molecule has 5 heteroatoms. The normalized spacial score (nSPS) is 11.8. The summed E-state index contributed by atoms with van der Waals surface area (Å²) in [5, 5.41) is 9.03. The minimum absolute atomic E-state index is 0.0855. The van der Waals surface area contributed by atoms with Crippen LogP contribution in [0.4, 0.5) is 4.39 Å². The van der Waals surface area contributed by atoms with Crippen LogP contribution in [0.25, 0.3) is 11.1 Å². The Bertz CT molecular complexity index is 958. The van der Waals surface area contributed by atoms with E-state index >= 15 is 0 Å². The molecule has 0 amide bonds. The van der Waals surface area contributed by atoms with Gasteiger partial charge in [-0.25, -0.2) is 4.39 Å². The maximum absolute atomic E-state index is 12.9. The Kier molecular flexibility index (Phi) is 6.40. The molecule has 0 bridgehead atoms. The van der Waals surface area contributed by atoms with Crippen molar-refractivity contribution in [3.63, 3.8) is 0 Å². The van der Waals surface area contributed by atoms with Crippen molar-refractivity contribution in [2.75, 3.05) is 6.67 Å². The molecule has 0 heterocycles. The molecule has 0 fully saturated rings. The quantitative estimate of drug-likeness (QED) is 0.603. The number of carboxylic acid groups (broad SMARTS) is 1. The van der Waals surface area contributed by atoms with E-state index < -0.39 is 18.7 Å². The number of aliphatic carboxylic acids is 1. The lowest BCUT2D eigenvalue weighted by molar-refractivity contribution is -0.136. The van der Waals surface area contributed by atoms with Crippen molar-refractivity contribution in [3.05, 3.63) is 89.5 Å². The Morgan fingerprint density at radius 1 is 1.00 bits per heavy atom. The van der Waals surface area contributed by atoms with Gasteiger partial charge in [-0.05, 0) is 40.5 Å². The van der Waals surface area contributed by atoms with Crippen molar-refractivity contribution in [1.29, 1.82) is 0 Å². The second-order valence-electron chi connectivity index (χ2n) is 6.55. The molecular formula is C23H22FNO3. The highest BCUT2D eigenvalue weighted by atomic mass is 19.1. The van der Waals surface area contributed by atoms with Gasteiger partial charge >= 0.3 is 5.97 Å². The third-order valence-corrected chi connectivity index (χ3v) is 4.45. The van der Waals surface area contributed by atoms with E-state index in [1.807, 2.05) is 54.6 Å². The molecule has 0 aliphatic carbocycles. The highest BCUT2D eigenvalue weighted by Crippen LogP contribution is 2.25. The number of alkyl halides is 1. The van der Waals surface area contributed by atoms with Gasteiger partial charge in [0, 0.05) is 5.56 Å². The van der Waals surface area contributed by atoms with Gasteiger partial charge in [0.05, 0.1) is 12.5 Å². The van der Waals surface area contributed by atoms with Gasteiger partial charge in [-0.1, -0.05) is 54.6 Å². The average molecular weight is 379 g/mol. The summed E-state index contributed by atoms with van der Waals surface area (Å²) in [5.74, 6) is -0.337. The summed E-state index contributed by atoms with van der Waals surface area (Å²) in [6.45, 7) is -0.290. The summed E-state index contributed by atoms with van der Waals surface area (Å²) < 4.78 is 18.7. The van der Waals surface area contributed by atoms with Gasteiger partial charge in [0.1, 0.15) is 19.0 Å². The van der Waals surface area contributed by atoms with Gasteiger partial charge in [-0.15, -0.1) is 0 Å². The Hall–Kier alpha value is -3.18. The molecule has 0 spiro atoms. The van der Waals surface area contributed by atoms with Crippen molar-refractivity contribution in [1.82, 2.24) is 0 Å². The molecule has 3 N–H and O–H groups in total.